The number of anilines is 1. The van der Waals surface area contributed by atoms with Gasteiger partial charge in [-0.15, -0.1) is 0 Å². The lowest BCUT2D eigenvalue weighted by Crippen LogP contribution is -2.11. The van der Waals surface area contributed by atoms with Crippen LogP contribution in [0.4, 0.5) is 5.69 Å². The largest absolute Gasteiger partial charge is 0.384 e. The quantitative estimate of drug-likeness (QED) is 0.613. The van der Waals surface area contributed by atoms with Crippen molar-refractivity contribution in [3.63, 3.8) is 0 Å². The van der Waals surface area contributed by atoms with Crippen LogP contribution in [0.1, 0.15) is 18.9 Å². The standard InChI is InChI=1S/C11H13N/c1-8-6-11(8)7-12-10-5-3-2-4-9(10)11/h2-5,8,12H,6-7H2,1H3. The van der Waals surface area contributed by atoms with Crippen LogP contribution in [0.15, 0.2) is 24.3 Å². The van der Waals surface area contributed by atoms with E-state index in [4.69, 9.17) is 0 Å². The number of benzene rings is 1. The van der Waals surface area contributed by atoms with Crippen LogP contribution in [-0.4, -0.2) is 6.54 Å². The van der Waals surface area contributed by atoms with E-state index in [1.165, 1.54) is 12.1 Å². The molecular weight excluding hydrogens is 146 g/mol. The van der Waals surface area contributed by atoms with E-state index in [0.29, 0.717) is 5.41 Å². The summed E-state index contributed by atoms with van der Waals surface area (Å²) < 4.78 is 0. The summed E-state index contributed by atoms with van der Waals surface area (Å²) in [6.45, 7) is 3.51. The Morgan fingerprint density at radius 1 is 1.42 bits per heavy atom. The molecule has 0 radical (unpaired) electrons. The second-order valence-corrected chi connectivity index (χ2v) is 4.16. The predicted molar refractivity (Wildman–Crippen MR) is 50.4 cm³/mol. The van der Waals surface area contributed by atoms with E-state index < -0.39 is 0 Å². The van der Waals surface area contributed by atoms with E-state index in [9.17, 15) is 0 Å². The zero-order chi connectivity index (χ0) is 8.18. The van der Waals surface area contributed by atoms with E-state index in [1.54, 1.807) is 5.56 Å². The lowest BCUT2D eigenvalue weighted by atomic mass is 9.96. The minimum atomic E-state index is 0.524. The third kappa shape index (κ3) is 0.603. The summed E-state index contributed by atoms with van der Waals surface area (Å²) in [5.74, 6) is 0.883. The molecule has 1 aromatic rings. The first-order chi connectivity index (χ1) is 5.83. The molecule has 0 amide bonds. The van der Waals surface area contributed by atoms with Gasteiger partial charge in [-0.1, -0.05) is 25.1 Å². The highest BCUT2D eigenvalue weighted by atomic mass is 15.0. The number of hydrogen-bond donors (Lipinski definition) is 1. The van der Waals surface area contributed by atoms with Crippen LogP contribution in [0.2, 0.25) is 0 Å². The molecule has 1 saturated carbocycles. The highest BCUT2D eigenvalue weighted by Gasteiger charge is 2.55. The normalized spacial score (nSPS) is 36.2. The molecule has 2 aliphatic rings. The third-order valence-corrected chi connectivity index (χ3v) is 3.51. The molecule has 1 aliphatic heterocycles. The van der Waals surface area contributed by atoms with Crippen molar-refractivity contribution in [2.75, 3.05) is 11.9 Å². The molecule has 1 aliphatic carbocycles. The van der Waals surface area contributed by atoms with Crippen molar-refractivity contribution in [2.45, 2.75) is 18.8 Å². The van der Waals surface area contributed by atoms with Crippen LogP contribution >= 0.6 is 0 Å². The summed E-state index contributed by atoms with van der Waals surface area (Å²) in [4.78, 5) is 0. The topological polar surface area (TPSA) is 12.0 Å². The van der Waals surface area contributed by atoms with Gasteiger partial charge in [-0.25, -0.2) is 0 Å². The minimum absolute atomic E-state index is 0.524. The molecule has 0 aromatic heterocycles. The summed E-state index contributed by atoms with van der Waals surface area (Å²) in [6, 6.07) is 8.73. The van der Waals surface area contributed by atoms with Crippen molar-refractivity contribution in [2.24, 2.45) is 5.92 Å². The van der Waals surface area contributed by atoms with E-state index in [0.717, 1.165) is 12.5 Å². The van der Waals surface area contributed by atoms with Crippen molar-refractivity contribution in [1.82, 2.24) is 0 Å². The lowest BCUT2D eigenvalue weighted by molar-refractivity contribution is 0.696. The van der Waals surface area contributed by atoms with Gasteiger partial charge in [-0.05, 0) is 24.0 Å². The van der Waals surface area contributed by atoms with E-state index in [1.807, 2.05) is 0 Å². The highest BCUT2D eigenvalue weighted by Crippen LogP contribution is 2.58. The predicted octanol–water partition coefficient (Wildman–Crippen LogP) is 2.39. The Morgan fingerprint density at radius 2 is 2.17 bits per heavy atom. The van der Waals surface area contributed by atoms with Crippen molar-refractivity contribution in [3.05, 3.63) is 29.8 Å². The van der Waals surface area contributed by atoms with Crippen molar-refractivity contribution >= 4 is 5.69 Å². The summed E-state index contributed by atoms with van der Waals surface area (Å²) in [6.07, 6.45) is 1.37. The fourth-order valence-corrected chi connectivity index (χ4v) is 2.53. The third-order valence-electron chi connectivity index (χ3n) is 3.51. The van der Waals surface area contributed by atoms with Gasteiger partial charge in [-0.2, -0.15) is 0 Å². The van der Waals surface area contributed by atoms with E-state index in [-0.39, 0.29) is 0 Å². The number of rotatable bonds is 0. The van der Waals surface area contributed by atoms with Crippen LogP contribution in [0.25, 0.3) is 0 Å². The molecule has 2 unspecified atom stereocenters. The minimum Gasteiger partial charge on any atom is -0.384 e. The monoisotopic (exact) mass is 159 g/mol. The molecule has 1 N–H and O–H groups in total. The number of fused-ring (bicyclic) bond motifs is 2. The van der Waals surface area contributed by atoms with Crippen molar-refractivity contribution < 1.29 is 0 Å². The Morgan fingerprint density at radius 3 is 2.92 bits per heavy atom. The van der Waals surface area contributed by atoms with Gasteiger partial charge in [0.15, 0.2) is 0 Å². The summed E-state index contributed by atoms with van der Waals surface area (Å²) in [5.41, 5.74) is 3.44. The molecule has 1 heteroatoms. The van der Waals surface area contributed by atoms with Crippen molar-refractivity contribution in [3.8, 4) is 0 Å². The zero-order valence-corrected chi connectivity index (χ0v) is 7.30. The molecule has 62 valence electrons. The Kier molecular flexibility index (Phi) is 1.00. The second kappa shape index (κ2) is 1.85. The van der Waals surface area contributed by atoms with Gasteiger partial charge in [0.05, 0.1) is 0 Å². The summed E-state index contributed by atoms with van der Waals surface area (Å²) in [7, 11) is 0. The van der Waals surface area contributed by atoms with Gasteiger partial charge in [0.2, 0.25) is 0 Å². The van der Waals surface area contributed by atoms with Gasteiger partial charge in [-0.3, -0.25) is 0 Å². The molecule has 12 heavy (non-hydrogen) atoms. The van der Waals surface area contributed by atoms with E-state index >= 15 is 0 Å². The van der Waals surface area contributed by atoms with Crippen LogP contribution in [0.3, 0.4) is 0 Å². The second-order valence-electron chi connectivity index (χ2n) is 4.16. The maximum absolute atomic E-state index is 3.48. The van der Waals surface area contributed by atoms with Gasteiger partial charge >= 0.3 is 0 Å². The SMILES string of the molecule is CC1CC12CNc1ccccc12. The number of para-hydroxylation sites is 1. The molecule has 0 bridgehead atoms. The number of hydrogen-bond acceptors (Lipinski definition) is 1. The Hall–Kier alpha value is -0.980. The Balaban J connectivity index is 2.15. The first kappa shape index (κ1) is 6.53. The van der Waals surface area contributed by atoms with Gasteiger partial charge < -0.3 is 5.32 Å². The first-order valence-electron chi connectivity index (χ1n) is 4.66. The first-order valence-corrected chi connectivity index (χ1v) is 4.66. The average Bonchev–Trinajstić information content (AvgIpc) is 2.58. The smallest absolute Gasteiger partial charge is 0.0379 e. The fourth-order valence-electron chi connectivity index (χ4n) is 2.53. The van der Waals surface area contributed by atoms with Crippen LogP contribution in [0.5, 0.6) is 0 Å². The Labute approximate surface area is 72.8 Å². The Bertz CT molecular complexity index is 332. The molecule has 3 rings (SSSR count). The maximum Gasteiger partial charge on any atom is 0.0379 e. The fraction of sp³-hybridized carbons (Fsp3) is 0.455. The summed E-state index contributed by atoms with van der Waals surface area (Å²) >= 11 is 0. The van der Waals surface area contributed by atoms with Gasteiger partial charge in [0.1, 0.15) is 0 Å². The van der Waals surface area contributed by atoms with Crippen LogP contribution in [-0.2, 0) is 5.41 Å². The van der Waals surface area contributed by atoms with Gasteiger partial charge in [0, 0.05) is 17.6 Å². The van der Waals surface area contributed by atoms with Crippen molar-refractivity contribution in [1.29, 1.82) is 0 Å². The van der Waals surface area contributed by atoms with Crippen LogP contribution in [0, 0.1) is 5.92 Å². The highest BCUT2D eigenvalue weighted by molar-refractivity contribution is 5.63. The summed E-state index contributed by atoms with van der Waals surface area (Å²) in [5, 5.41) is 3.48. The molecule has 0 saturated heterocycles. The number of nitrogens with one attached hydrogen (secondary N) is 1. The molecule has 1 heterocycles. The molecule has 1 fully saturated rings. The van der Waals surface area contributed by atoms with E-state index in [2.05, 4.69) is 36.5 Å². The molecule has 2 atom stereocenters. The van der Waals surface area contributed by atoms with Crippen LogP contribution < -0.4 is 5.32 Å². The average molecular weight is 159 g/mol. The van der Waals surface area contributed by atoms with Gasteiger partial charge in [0.25, 0.3) is 0 Å². The molecular formula is C11H13N. The zero-order valence-electron chi connectivity index (χ0n) is 7.30. The lowest BCUT2D eigenvalue weighted by Gasteiger charge is -2.06. The molecule has 1 nitrogen and oxygen atoms in total. The maximum atomic E-state index is 3.48. The molecule has 1 spiro atoms. The molecule has 1 aromatic carbocycles.